The maximum Gasteiger partial charge on any atom is 0.243 e. The van der Waals surface area contributed by atoms with Crippen LogP contribution in [0.1, 0.15) is 25.8 Å². The number of H-pyrrole nitrogens is 1. The van der Waals surface area contributed by atoms with Gasteiger partial charge in [-0.15, -0.1) is 0 Å². The topological polar surface area (TPSA) is 103 Å². The number of hydrogen-bond acceptors (Lipinski definition) is 3. The van der Waals surface area contributed by atoms with E-state index in [1.54, 1.807) is 0 Å². The van der Waals surface area contributed by atoms with Gasteiger partial charge < -0.3 is 20.9 Å². The lowest BCUT2D eigenvalue weighted by Crippen LogP contribution is -2.49. The molecule has 2 rings (SSSR count). The van der Waals surface area contributed by atoms with Crippen LogP contribution >= 0.6 is 0 Å². The van der Waals surface area contributed by atoms with Gasteiger partial charge in [-0.3, -0.25) is 14.4 Å². The molecule has 0 aliphatic rings. The molecule has 1 atom stereocenters. The minimum atomic E-state index is -0.740. The van der Waals surface area contributed by atoms with Gasteiger partial charge in [0.05, 0.1) is 6.54 Å². The number of carbonyl (C=O) groups excluding carboxylic acids is 3. The molecule has 4 N–H and O–H groups in total. The molecule has 7 heteroatoms. The lowest BCUT2D eigenvalue weighted by Gasteiger charge is -2.17. The number of nitrogens with one attached hydrogen (secondary N) is 4. The van der Waals surface area contributed by atoms with E-state index in [1.807, 2.05) is 37.4 Å². The molecule has 0 saturated carbocycles. The second-order valence-corrected chi connectivity index (χ2v) is 5.88. The van der Waals surface area contributed by atoms with Gasteiger partial charge in [0, 0.05) is 37.0 Å². The van der Waals surface area contributed by atoms with Gasteiger partial charge in [-0.05, 0) is 18.1 Å². The first-order chi connectivity index (χ1) is 12.0. The molecule has 25 heavy (non-hydrogen) atoms. The molecule has 0 fully saturated rings. The molecule has 0 spiro atoms. The molecular weight excluding hydrogens is 320 g/mol. The van der Waals surface area contributed by atoms with E-state index in [2.05, 4.69) is 20.9 Å². The predicted molar refractivity (Wildman–Crippen MR) is 95.9 cm³/mol. The zero-order valence-corrected chi connectivity index (χ0v) is 14.5. The molecule has 1 aromatic heterocycles. The summed E-state index contributed by atoms with van der Waals surface area (Å²) in [5.41, 5.74) is 1.90. The lowest BCUT2D eigenvalue weighted by atomic mass is 10.0. The van der Waals surface area contributed by atoms with E-state index >= 15 is 0 Å². The van der Waals surface area contributed by atoms with E-state index in [0.29, 0.717) is 13.0 Å². The van der Waals surface area contributed by atoms with Crippen molar-refractivity contribution in [2.24, 2.45) is 0 Å². The molecule has 3 amide bonds. The second-order valence-electron chi connectivity index (χ2n) is 5.88. The summed E-state index contributed by atoms with van der Waals surface area (Å²) in [4.78, 5) is 38.6. The third kappa shape index (κ3) is 5.34. The van der Waals surface area contributed by atoms with Crippen LogP contribution in [0, 0.1) is 0 Å². The van der Waals surface area contributed by atoms with Gasteiger partial charge in [0.1, 0.15) is 6.04 Å². The third-order valence-corrected chi connectivity index (χ3v) is 3.79. The SMILES string of the molecule is CCCNC(=O)CNC(=O)C(Cc1c[nH]c2ccccc12)NC(C)=O. The van der Waals surface area contributed by atoms with Crippen LogP contribution in [0.3, 0.4) is 0 Å². The van der Waals surface area contributed by atoms with E-state index in [4.69, 9.17) is 0 Å². The average Bonchev–Trinajstić information content (AvgIpc) is 3.00. The predicted octanol–water partition coefficient (Wildman–Crippen LogP) is 0.857. The highest BCUT2D eigenvalue weighted by Gasteiger charge is 2.21. The molecule has 0 bridgehead atoms. The fraction of sp³-hybridized carbons (Fsp3) is 0.389. The first kappa shape index (κ1) is 18.5. The first-order valence-electron chi connectivity index (χ1n) is 8.37. The van der Waals surface area contributed by atoms with E-state index in [9.17, 15) is 14.4 Å². The van der Waals surface area contributed by atoms with E-state index < -0.39 is 6.04 Å². The molecule has 7 nitrogen and oxygen atoms in total. The number of aromatic amines is 1. The zero-order valence-electron chi connectivity index (χ0n) is 14.5. The first-order valence-corrected chi connectivity index (χ1v) is 8.37. The third-order valence-electron chi connectivity index (χ3n) is 3.79. The van der Waals surface area contributed by atoms with Crippen LogP contribution in [-0.4, -0.2) is 41.8 Å². The van der Waals surface area contributed by atoms with Crippen molar-refractivity contribution < 1.29 is 14.4 Å². The van der Waals surface area contributed by atoms with Crippen molar-refractivity contribution in [2.45, 2.75) is 32.7 Å². The summed E-state index contributed by atoms with van der Waals surface area (Å²) in [6.45, 7) is 3.78. The number of para-hydroxylation sites is 1. The van der Waals surface area contributed by atoms with Crippen LogP contribution < -0.4 is 16.0 Å². The summed E-state index contributed by atoms with van der Waals surface area (Å²) in [5, 5.41) is 8.93. The standard InChI is InChI=1S/C18H24N4O3/c1-3-8-19-17(24)11-21-18(25)16(22-12(2)23)9-13-10-20-15-7-5-4-6-14(13)15/h4-7,10,16,20H,3,8-9,11H2,1-2H3,(H,19,24)(H,21,25)(H,22,23). The number of amides is 3. The summed E-state index contributed by atoms with van der Waals surface area (Å²) in [6, 6.07) is 7.02. The van der Waals surface area contributed by atoms with Gasteiger partial charge in [0.25, 0.3) is 0 Å². The van der Waals surface area contributed by atoms with E-state index in [0.717, 1.165) is 22.9 Å². The lowest BCUT2D eigenvalue weighted by molar-refractivity contribution is -0.129. The van der Waals surface area contributed by atoms with Gasteiger partial charge in [0.2, 0.25) is 17.7 Å². The molecule has 0 saturated heterocycles. The van der Waals surface area contributed by atoms with Crippen molar-refractivity contribution in [2.75, 3.05) is 13.1 Å². The van der Waals surface area contributed by atoms with Gasteiger partial charge in [0.15, 0.2) is 0 Å². The molecule has 0 aliphatic carbocycles. The Morgan fingerprint density at radius 2 is 1.92 bits per heavy atom. The van der Waals surface area contributed by atoms with Gasteiger partial charge in [-0.1, -0.05) is 25.1 Å². The fourth-order valence-corrected chi connectivity index (χ4v) is 2.59. The van der Waals surface area contributed by atoms with Crippen LogP contribution in [0.2, 0.25) is 0 Å². The molecular formula is C18H24N4O3. The number of carbonyl (C=O) groups is 3. The highest BCUT2D eigenvalue weighted by molar-refractivity contribution is 5.91. The molecule has 1 aromatic carbocycles. The number of aromatic nitrogens is 1. The number of benzene rings is 1. The smallest absolute Gasteiger partial charge is 0.243 e. The summed E-state index contributed by atoms with van der Waals surface area (Å²) in [5.74, 6) is -0.925. The van der Waals surface area contributed by atoms with Crippen molar-refractivity contribution in [1.82, 2.24) is 20.9 Å². The van der Waals surface area contributed by atoms with Gasteiger partial charge in [-0.25, -0.2) is 0 Å². The Labute approximate surface area is 146 Å². The maximum absolute atomic E-state index is 12.4. The van der Waals surface area contributed by atoms with Crippen LogP contribution in [0.15, 0.2) is 30.5 Å². The maximum atomic E-state index is 12.4. The van der Waals surface area contributed by atoms with Crippen molar-refractivity contribution in [3.8, 4) is 0 Å². The van der Waals surface area contributed by atoms with Gasteiger partial charge >= 0.3 is 0 Å². The largest absolute Gasteiger partial charge is 0.361 e. The average molecular weight is 344 g/mol. The minimum absolute atomic E-state index is 0.108. The minimum Gasteiger partial charge on any atom is -0.361 e. The van der Waals surface area contributed by atoms with Crippen molar-refractivity contribution >= 4 is 28.6 Å². The number of rotatable bonds is 8. The Hall–Kier alpha value is -2.83. The van der Waals surface area contributed by atoms with Crippen LogP contribution in [0.4, 0.5) is 0 Å². The highest BCUT2D eigenvalue weighted by Crippen LogP contribution is 2.19. The Bertz CT molecular complexity index is 754. The molecule has 0 radical (unpaired) electrons. The number of hydrogen-bond donors (Lipinski definition) is 4. The molecule has 2 aromatic rings. The van der Waals surface area contributed by atoms with E-state index in [-0.39, 0.29) is 24.3 Å². The highest BCUT2D eigenvalue weighted by atomic mass is 16.2. The molecule has 134 valence electrons. The molecule has 1 heterocycles. The van der Waals surface area contributed by atoms with Crippen molar-refractivity contribution in [1.29, 1.82) is 0 Å². The quantitative estimate of drug-likeness (QED) is 0.571. The Balaban J connectivity index is 2.04. The van der Waals surface area contributed by atoms with Crippen molar-refractivity contribution in [3.05, 3.63) is 36.0 Å². The summed E-state index contributed by atoms with van der Waals surface area (Å²) < 4.78 is 0. The normalized spacial score (nSPS) is 11.8. The monoisotopic (exact) mass is 344 g/mol. The zero-order chi connectivity index (χ0) is 18.2. The van der Waals surface area contributed by atoms with Gasteiger partial charge in [-0.2, -0.15) is 0 Å². The fourth-order valence-electron chi connectivity index (χ4n) is 2.59. The van der Waals surface area contributed by atoms with Crippen LogP contribution in [-0.2, 0) is 20.8 Å². The molecule has 0 aliphatic heterocycles. The van der Waals surface area contributed by atoms with Crippen LogP contribution in [0.5, 0.6) is 0 Å². The van der Waals surface area contributed by atoms with Crippen LogP contribution in [0.25, 0.3) is 10.9 Å². The van der Waals surface area contributed by atoms with E-state index in [1.165, 1.54) is 6.92 Å². The Morgan fingerprint density at radius 3 is 2.64 bits per heavy atom. The summed E-state index contributed by atoms with van der Waals surface area (Å²) >= 11 is 0. The Kier molecular flexibility index (Phi) is 6.56. The molecule has 1 unspecified atom stereocenters. The van der Waals surface area contributed by atoms with Crippen molar-refractivity contribution in [3.63, 3.8) is 0 Å². The summed E-state index contributed by atoms with van der Waals surface area (Å²) in [6.07, 6.45) is 3.00. The second kappa shape index (κ2) is 8.86. The summed E-state index contributed by atoms with van der Waals surface area (Å²) in [7, 11) is 0. The number of fused-ring (bicyclic) bond motifs is 1. The Morgan fingerprint density at radius 1 is 1.16 bits per heavy atom.